The lowest BCUT2D eigenvalue weighted by molar-refractivity contribution is -0.00761. The summed E-state index contributed by atoms with van der Waals surface area (Å²) in [6.07, 6.45) is 2.13. The van der Waals surface area contributed by atoms with Crippen molar-refractivity contribution in [1.82, 2.24) is 0 Å². The van der Waals surface area contributed by atoms with Crippen molar-refractivity contribution in [1.29, 1.82) is 0 Å². The van der Waals surface area contributed by atoms with Crippen LogP contribution in [0.25, 0.3) is 0 Å². The summed E-state index contributed by atoms with van der Waals surface area (Å²) >= 11 is 0. The number of hydrogen-bond acceptors (Lipinski definition) is 2. The quantitative estimate of drug-likeness (QED) is 0.837. The van der Waals surface area contributed by atoms with Gasteiger partial charge in [0.25, 0.3) is 0 Å². The molecule has 0 aliphatic heterocycles. The summed E-state index contributed by atoms with van der Waals surface area (Å²) in [6.45, 7) is 2.16. The van der Waals surface area contributed by atoms with E-state index >= 15 is 0 Å². The van der Waals surface area contributed by atoms with E-state index in [1.165, 1.54) is 12.1 Å². The number of hydrogen-bond donors (Lipinski definition) is 1. The molecular weight excluding hydrogens is 207 g/mol. The van der Waals surface area contributed by atoms with E-state index in [1.54, 1.807) is 12.1 Å². The predicted molar refractivity (Wildman–Crippen MR) is 59.8 cm³/mol. The van der Waals surface area contributed by atoms with E-state index in [0.29, 0.717) is 11.7 Å². The van der Waals surface area contributed by atoms with Crippen molar-refractivity contribution in [2.75, 3.05) is 0 Å². The van der Waals surface area contributed by atoms with Crippen LogP contribution in [-0.2, 0) is 0 Å². The topological polar surface area (TPSA) is 29.5 Å². The van der Waals surface area contributed by atoms with Crippen molar-refractivity contribution in [3.8, 4) is 5.75 Å². The average molecular weight is 224 g/mol. The van der Waals surface area contributed by atoms with Crippen molar-refractivity contribution in [2.45, 2.75) is 38.4 Å². The minimum absolute atomic E-state index is 0.158. The van der Waals surface area contributed by atoms with Crippen molar-refractivity contribution < 1.29 is 14.2 Å². The molecule has 0 aromatic heterocycles. The minimum atomic E-state index is -0.402. The Bertz CT molecular complexity index is 336. The number of ether oxygens (including phenoxy) is 1. The third-order valence-electron chi connectivity index (χ3n) is 3.12. The van der Waals surface area contributed by atoms with Crippen LogP contribution < -0.4 is 4.74 Å². The zero-order valence-electron chi connectivity index (χ0n) is 9.40. The van der Waals surface area contributed by atoms with Gasteiger partial charge in [0.2, 0.25) is 0 Å². The van der Waals surface area contributed by atoms with Gasteiger partial charge in [-0.1, -0.05) is 6.92 Å². The molecule has 0 amide bonds. The van der Waals surface area contributed by atoms with Gasteiger partial charge in [0.05, 0.1) is 6.10 Å². The molecule has 16 heavy (non-hydrogen) atoms. The molecule has 2 nitrogen and oxygen atoms in total. The van der Waals surface area contributed by atoms with Gasteiger partial charge in [-0.2, -0.15) is 0 Å². The van der Waals surface area contributed by atoms with Gasteiger partial charge in [0.1, 0.15) is 17.7 Å². The fourth-order valence-corrected chi connectivity index (χ4v) is 2.13. The number of aliphatic hydroxyl groups is 1. The molecule has 1 aliphatic carbocycles. The first-order valence-corrected chi connectivity index (χ1v) is 5.75. The third kappa shape index (κ3) is 2.73. The third-order valence-corrected chi connectivity index (χ3v) is 3.12. The van der Waals surface area contributed by atoms with E-state index in [2.05, 4.69) is 6.92 Å². The van der Waals surface area contributed by atoms with E-state index in [9.17, 15) is 9.50 Å². The highest BCUT2D eigenvalue weighted by molar-refractivity contribution is 5.22. The Hall–Kier alpha value is -1.09. The largest absolute Gasteiger partial charge is 0.488 e. The van der Waals surface area contributed by atoms with Gasteiger partial charge in [-0.05, 0) is 49.4 Å². The second-order valence-electron chi connectivity index (χ2n) is 4.60. The van der Waals surface area contributed by atoms with E-state index in [0.717, 1.165) is 19.3 Å². The van der Waals surface area contributed by atoms with Crippen molar-refractivity contribution in [3.63, 3.8) is 0 Å². The van der Waals surface area contributed by atoms with Crippen LogP contribution in [-0.4, -0.2) is 17.3 Å². The average Bonchev–Trinajstić information content (AvgIpc) is 2.27. The SMILES string of the molecule is CC1CCC(O)C(Oc2ccc(F)cc2)C1. The van der Waals surface area contributed by atoms with Crippen LogP contribution in [0.3, 0.4) is 0 Å². The second kappa shape index (κ2) is 4.83. The maximum Gasteiger partial charge on any atom is 0.125 e. The highest BCUT2D eigenvalue weighted by Gasteiger charge is 2.28. The molecule has 0 saturated heterocycles. The van der Waals surface area contributed by atoms with Gasteiger partial charge in [0.15, 0.2) is 0 Å². The molecule has 0 spiro atoms. The Morgan fingerprint density at radius 3 is 2.62 bits per heavy atom. The maximum atomic E-state index is 12.7. The molecule has 1 aliphatic rings. The molecule has 0 bridgehead atoms. The number of rotatable bonds is 2. The first kappa shape index (κ1) is 11.4. The maximum absolute atomic E-state index is 12.7. The molecule has 1 aromatic rings. The van der Waals surface area contributed by atoms with Crippen molar-refractivity contribution in [3.05, 3.63) is 30.1 Å². The molecule has 1 aromatic carbocycles. The van der Waals surface area contributed by atoms with Crippen LogP contribution >= 0.6 is 0 Å². The summed E-state index contributed by atoms with van der Waals surface area (Å²) in [4.78, 5) is 0. The fraction of sp³-hybridized carbons (Fsp3) is 0.538. The smallest absolute Gasteiger partial charge is 0.125 e. The zero-order valence-corrected chi connectivity index (χ0v) is 9.40. The highest BCUT2D eigenvalue weighted by atomic mass is 19.1. The molecular formula is C13H17FO2. The lowest BCUT2D eigenvalue weighted by Crippen LogP contribution is -2.37. The van der Waals surface area contributed by atoms with Gasteiger partial charge in [0, 0.05) is 0 Å². The van der Waals surface area contributed by atoms with Crippen LogP contribution in [0.4, 0.5) is 4.39 Å². The summed E-state index contributed by atoms with van der Waals surface area (Å²) in [5.41, 5.74) is 0. The normalized spacial score (nSPS) is 30.1. The fourth-order valence-electron chi connectivity index (χ4n) is 2.13. The monoisotopic (exact) mass is 224 g/mol. The van der Waals surface area contributed by atoms with Crippen molar-refractivity contribution >= 4 is 0 Å². The molecule has 3 unspecified atom stereocenters. The Balaban J connectivity index is 2.00. The van der Waals surface area contributed by atoms with Crippen LogP contribution in [0.5, 0.6) is 5.75 Å². The lowest BCUT2D eigenvalue weighted by Gasteiger charge is -2.31. The molecule has 0 radical (unpaired) electrons. The Labute approximate surface area is 95.1 Å². The lowest BCUT2D eigenvalue weighted by atomic mass is 9.86. The first-order valence-electron chi connectivity index (χ1n) is 5.75. The van der Waals surface area contributed by atoms with Gasteiger partial charge < -0.3 is 9.84 Å². The summed E-state index contributed by atoms with van der Waals surface area (Å²) in [5, 5.41) is 9.80. The molecule has 3 heteroatoms. The van der Waals surface area contributed by atoms with Gasteiger partial charge in [-0.15, -0.1) is 0 Å². The molecule has 1 fully saturated rings. The summed E-state index contributed by atoms with van der Waals surface area (Å²) < 4.78 is 18.4. The number of benzene rings is 1. The molecule has 1 N–H and O–H groups in total. The van der Waals surface area contributed by atoms with Gasteiger partial charge in [-0.25, -0.2) is 4.39 Å². The van der Waals surface area contributed by atoms with E-state index in [-0.39, 0.29) is 11.9 Å². The zero-order chi connectivity index (χ0) is 11.5. The van der Waals surface area contributed by atoms with E-state index in [4.69, 9.17) is 4.74 Å². The molecule has 0 heterocycles. The Kier molecular flexibility index (Phi) is 3.44. The highest BCUT2D eigenvalue weighted by Crippen LogP contribution is 2.27. The number of halogens is 1. The van der Waals surface area contributed by atoms with Crippen LogP contribution in [0, 0.1) is 11.7 Å². The van der Waals surface area contributed by atoms with Crippen LogP contribution in [0.15, 0.2) is 24.3 Å². The van der Waals surface area contributed by atoms with E-state index < -0.39 is 6.10 Å². The van der Waals surface area contributed by atoms with Crippen molar-refractivity contribution in [2.24, 2.45) is 5.92 Å². The number of aliphatic hydroxyl groups excluding tert-OH is 1. The second-order valence-corrected chi connectivity index (χ2v) is 4.60. The molecule has 88 valence electrons. The van der Waals surface area contributed by atoms with Crippen LogP contribution in [0.1, 0.15) is 26.2 Å². The summed E-state index contributed by atoms with van der Waals surface area (Å²) in [7, 11) is 0. The summed E-state index contributed by atoms with van der Waals surface area (Å²) in [5.74, 6) is 0.929. The predicted octanol–water partition coefficient (Wildman–Crippen LogP) is 2.75. The molecule has 2 rings (SSSR count). The molecule has 1 saturated carbocycles. The first-order chi connectivity index (χ1) is 7.65. The standard InChI is InChI=1S/C13H17FO2/c1-9-2-7-12(15)13(8-9)16-11-5-3-10(14)4-6-11/h3-6,9,12-13,15H,2,7-8H2,1H3. The minimum Gasteiger partial charge on any atom is -0.488 e. The van der Waals surface area contributed by atoms with Gasteiger partial charge in [-0.3, -0.25) is 0 Å². The van der Waals surface area contributed by atoms with Gasteiger partial charge >= 0.3 is 0 Å². The Morgan fingerprint density at radius 2 is 1.94 bits per heavy atom. The van der Waals surface area contributed by atoms with E-state index in [1.807, 2.05) is 0 Å². The molecule has 3 atom stereocenters. The van der Waals surface area contributed by atoms with Crippen LogP contribution in [0.2, 0.25) is 0 Å². The summed E-state index contributed by atoms with van der Waals surface area (Å²) in [6, 6.07) is 5.94. The Morgan fingerprint density at radius 1 is 1.25 bits per heavy atom.